The lowest BCUT2D eigenvalue weighted by Gasteiger charge is -2.02. The molecule has 0 aliphatic rings. The second-order valence-corrected chi connectivity index (χ2v) is 3.10. The molecule has 0 heterocycles. The normalized spacial score (nSPS) is 9.92. The highest BCUT2D eigenvalue weighted by Gasteiger charge is 2.11. The van der Waals surface area contributed by atoms with Gasteiger partial charge in [0.1, 0.15) is 0 Å². The lowest BCUT2D eigenvalue weighted by Crippen LogP contribution is -1.92. The van der Waals surface area contributed by atoms with Crippen molar-refractivity contribution >= 4 is 29.0 Å². The van der Waals surface area contributed by atoms with Crippen LogP contribution in [0.25, 0.3) is 0 Å². The van der Waals surface area contributed by atoms with Crippen molar-refractivity contribution in [2.75, 3.05) is 0 Å². The summed E-state index contributed by atoms with van der Waals surface area (Å²) in [5.74, 6) is -0.446. The van der Waals surface area contributed by atoms with Gasteiger partial charge in [-0.05, 0) is 19.1 Å². The topological polar surface area (TPSA) is 37.3 Å². The highest BCUT2D eigenvalue weighted by Crippen LogP contribution is 2.34. The number of phenols is 1. The Bertz CT molecular complexity index is 334. The van der Waals surface area contributed by atoms with Gasteiger partial charge in [-0.3, -0.25) is 4.79 Å². The maximum absolute atomic E-state index is 10.9. The van der Waals surface area contributed by atoms with E-state index in [-0.39, 0.29) is 27.1 Å². The maximum Gasteiger partial charge on any atom is 0.161 e. The molecule has 1 rings (SSSR count). The molecule has 1 aromatic carbocycles. The van der Waals surface area contributed by atoms with E-state index >= 15 is 0 Å². The van der Waals surface area contributed by atoms with Crippen molar-refractivity contribution in [2.45, 2.75) is 6.92 Å². The van der Waals surface area contributed by atoms with Crippen molar-refractivity contribution in [3.63, 3.8) is 0 Å². The van der Waals surface area contributed by atoms with Crippen molar-refractivity contribution in [3.05, 3.63) is 27.7 Å². The average molecular weight is 205 g/mol. The maximum atomic E-state index is 10.9. The lowest BCUT2D eigenvalue weighted by atomic mass is 10.1. The van der Waals surface area contributed by atoms with Crippen LogP contribution in [0, 0.1) is 0 Å². The zero-order valence-electron chi connectivity index (χ0n) is 6.27. The minimum atomic E-state index is -0.244. The van der Waals surface area contributed by atoms with Gasteiger partial charge in [-0.1, -0.05) is 23.2 Å². The summed E-state index contributed by atoms with van der Waals surface area (Å²) in [4.78, 5) is 10.9. The first-order valence-corrected chi connectivity index (χ1v) is 3.97. The largest absolute Gasteiger partial charge is 0.505 e. The van der Waals surface area contributed by atoms with Crippen LogP contribution >= 0.6 is 23.2 Å². The van der Waals surface area contributed by atoms with E-state index in [9.17, 15) is 9.90 Å². The first-order chi connectivity index (χ1) is 5.54. The number of hydrogen-bond acceptors (Lipinski definition) is 2. The molecule has 0 aromatic heterocycles. The van der Waals surface area contributed by atoms with Crippen molar-refractivity contribution in [2.24, 2.45) is 0 Å². The summed E-state index contributed by atoms with van der Waals surface area (Å²) in [6, 6.07) is 2.91. The first kappa shape index (κ1) is 9.36. The van der Waals surface area contributed by atoms with Crippen LogP contribution in [0.1, 0.15) is 17.3 Å². The van der Waals surface area contributed by atoms with Gasteiger partial charge in [-0.15, -0.1) is 0 Å². The van der Waals surface area contributed by atoms with Gasteiger partial charge in [0, 0.05) is 5.56 Å². The van der Waals surface area contributed by atoms with E-state index in [0.29, 0.717) is 0 Å². The number of phenolic OH excluding ortho intramolecular Hbond substituents is 1. The third kappa shape index (κ3) is 1.54. The SMILES string of the molecule is CC(=O)c1ccc(Cl)c(O)c1Cl. The molecule has 0 bridgehead atoms. The number of ketones is 1. The minimum absolute atomic E-state index is 0.00926. The molecular weight excluding hydrogens is 199 g/mol. The van der Waals surface area contributed by atoms with Gasteiger partial charge in [0.25, 0.3) is 0 Å². The zero-order chi connectivity index (χ0) is 9.30. The number of aromatic hydroxyl groups is 1. The fourth-order valence-corrected chi connectivity index (χ4v) is 1.32. The third-order valence-electron chi connectivity index (χ3n) is 1.45. The number of rotatable bonds is 1. The highest BCUT2D eigenvalue weighted by atomic mass is 35.5. The fourth-order valence-electron chi connectivity index (χ4n) is 0.813. The summed E-state index contributed by atoms with van der Waals surface area (Å²) >= 11 is 11.2. The first-order valence-electron chi connectivity index (χ1n) is 3.22. The predicted molar refractivity (Wildman–Crippen MR) is 48.1 cm³/mol. The van der Waals surface area contributed by atoms with Crippen LogP contribution in [-0.4, -0.2) is 10.9 Å². The summed E-state index contributed by atoms with van der Waals surface area (Å²) in [5, 5.41) is 9.37. The molecule has 0 radical (unpaired) electrons. The van der Waals surface area contributed by atoms with Crippen LogP contribution in [0.4, 0.5) is 0 Å². The Balaban J connectivity index is 3.36. The van der Waals surface area contributed by atoms with Crippen LogP contribution in [0.5, 0.6) is 5.75 Å². The van der Waals surface area contributed by atoms with Gasteiger partial charge < -0.3 is 5.11 Å². The Labute approximate surface area is 79.7 Å². The van der Waals surface area contributed by atoms with Crippen molar-refractivity contribution < 1.29 is 9.90 Å². The number of carbonyl (C=O) groups is 1. The molecule has 0 spiro atoms. The van der Waals surface area contributed by atoms with Gasteiger partial charge in [0.15, 0.2) is 11.5 Å². The van der Waals surface area contributed by atoms with E-state index in [0.717, 1.165) is 0 Å². The molecule has 4 heteroatoms. The van der Waals surface area contributed by atoms with E-state index < -0.39 is 0 Å². The van der Waals surface area contributed by atoms with Gasteiger partial charge >= 0.3 is 0 Å². The van der Waals surface area contributed by atoms with Crippen molar-refractivity contribution in [1.82, 2.24) is 0 Å². The Hall–Kier alpha value is -0.730. The number of carbonyl (C=O) groups excluding carboxylic acids is 1. The Morgan fingerprint density at radius 2 is 2.00 bits per heavy atom. The van der Waals surface area contributed by atoms with E-state index in [4.69, 9.17) is 23.2 Å². The van der Waals surface area contributed by atoms with Crippen molar-refractivity contribution in [3.8, 4) is 5.75 Å². The van der Waals surface area contributed by atoms with Crippen molar-refractivity contribution in [1.29, 1.82) is 0 Å². The standard InChI is InChI=1S/C8H6Cl2O2/c1-4(11)5-2-3-6(9)8(12)7(5)10/h2-3,12H,1H3. The summed E-state index contributed by atoms with van der Waals surface area (Å²) < 4.78 is 0. The molecule has 0 aliphatic carbocycles. The Morgan fingerprint density at radius 1 is 1.42 bits per heavy atom. The second kappa shape index (κ2) is 3.33. The van der Waals surface area contributed by atoms with Crippen LogP contribution in [0.3, 0.4) is 0 Å². The van der Waals surface area contributed by atoms with E-state index in [2.05, 4.69) is 0 Å². The van der Waals surface area contributed by atoms with Gasteiger partial charge in [0.05, 0.1) is 10.0 Å². The summed E-state index contributed by atoms with van der Waals surface area (Å²) in [6.07, 6.45) is 0. The van der Waals surface area contributed by atoms with E-state index in [1.54, 1.807) is 0 Å². The molecule has 0 aliphatic heterocycles. The molecule has 2 nitrogen and oxygen atoms in total. The van der Waals surface area contributed by atoms with Crippen LogP contribution in [0.15, 0.2) is 12.1 Å². The zero-order valence-corrected chi connectivity index (χ0v) is 7.78. The monoisotopic (exact) mass is 204 g/mol. The number of Topliss-reactive ketones (excluding diaryl/α,β-unsaturated/α-hetero) is 1. The summed E-state index contributed by atoms with van der Waals surface area (Å²) in [6.45, 7) is 1.37. The number of hydrogen-bond donors (Lipinski definition) is 1. The number of benzene rings is 1. The fraction of sp³-hybridized carbons (Fsp3) is 0.125. The molecule has 12 heavy (non-hydrogen) atoms. The third-order valence-corrected chi connectivity index (χ3v) is 2.13. The molecule has 0 amide bonds. The second-order valence-electron chi connectivity index (χ2n) is 2.31. The quantitative estimate of drug-likeness (QED) is 0.715. The van der Waals surface area contributed by atoms with E-state index in [1.807, 2.05) is 0 Å². The van der Waals surface area contributed by atoms with Gasteiger partial charge in [0.2, 0.25) is 0 Å². The van der Waals surface area contributed by atoms with Gasteiger partial charge in [-0.2, -0.15) is 0 Å². The Morgan fingerprint density at radius 3 is 2.50 bits per heavy atom. The lowest BCUT2D eigenvalue weighted by molar-refractivity contribution is 0.101. The smallest absolute Gasteiger partial charge is 0.161 e. The molecule has 0 unspecified atom stereocenters. The molecule has 1 aromatic rings. The average Bonchev–Trinajstić information content (AvgIpc) is 2.00. The van der Waals surface area contributed by atoms with Gasteiger partial charge in [-0.25, -0.2) is 0 Å². The summed E-state index contributed by atoms with van der Waals surface area (Å²) in [5.41, 5.74) is 0.276. The molecule has 1 N–H and O–H groups in total. The van der Waals surface area contributed by atoms with Crippen LogP contribution < -0.4 is 0 Å². The molecule has 0 atom stereocenters. The summed E-state index contributed by atoms with van der Waals surface area (Å²) in [7, 11) is 0. The predicted octanol–water partition coefficient (Wildman–Crippen LogP) is 2.90. The minimum Gasteiger partial charge on any atom is -0.505 e. The molecule has 0 saturated carbocycles. The molecule has 64 valence electrons. The molecule has 0 saturated heterocycles. The van der Waals surface area contributed by atoms with Crippen LogP contribution in [-0.2, 0) is 0 Å². The highest BCUT2D eigenvalue weighted by molar-refractivity contribution is 6.39. The Kier molecular flexibility index (Phi) is 2.60. The van der Waals surface area contributed by atoms with E-state index in [1.165, 1.54) is 19.1 Å². The molecular formula is C8H6Cl2O2. The molecule has 0 fully saturated rings. The number of halogens is 2. The van der Waals surface area contributed by atoms with Crippen LogP contribution in [0.2, 0.25) is 10.0 Å².